The number of anilines is 1. The summed E-state index contributed by atoms with van der Waals surface area (Å²) in [4.78, 5) is 16.1. The number of nitrogens with one attached hydrogen (secondary N) is 1. The highest BCUT2D eigenvalue weighted by Gasteiger charge is 2.26. The van der Waals surface area contributed by atoms with Crippen molar-refractivity contribution >= 4 is 23.2 Å². The van der Waals surface area contributed by atoms with Gasteiger partial charge in [0.05, 0.1) is 16.9 Å². The molecule has 0 bridgehead atoms. The summed E-state index contributed by atoms with van der Waals surface area (Å²) in [6.45, 7) is 3.54. The van der Waals surface area contributed by atoms with Crippen LogP contribution in [0, 0.1) is 0 Å². The number of benzene rings is 1. The number of hydrogen-bond acceptors (Lipinski definition) is 4. The molecule has 0 aliphatic rings. The number of aromatic nitrogens is 3. The van der Waals surface area contributed by atoms with Crippen molar-refractivity contribution in [1.82, 2.24) is 14.8 Å². The Balaban J connectivity index is 2.36. The van der Waals surface area contributed by atoms with Crippen molar-refractivity contribution in [3.63, 3.8) is 0 Å². The van der Waals surface area contributed by atoms with Crippen LogP contribution in [-0.2, 0) is 4.79 Å². The molecule has 2 rings (SSSR count). The topological polar surface area (TPSA) is 85.8 Å². The third-order valence-corrected chi connectivity index (χ3v) is 3.36. The zero-order valence-corrected chi connectivity index (χ0v) is 12.1. The average molecular weight is 294 g/mol. The minimum atomic E-state index is -0.943. The van der Waals surface area contributed by atoms with Crippen LogP contribution in [0.5, 0.6) is 0 Å². The molecule has 1 amide bonds. The van der Waals surface area contributed by atoms with E-state index in [1.54, 1.807) is 36.1 Å². The Morgan fingerprint density at radius 2 is 2.30 bits per heavy atom. The second-order valence-corrected chi connectivity index (χ2v) is 5.16. The van der Waals surface area contributed by atoms with Gasteiger partial charge in [-0.2, -0.15) is 5.10 Å². The first-order valence-electron chi connectivity index (χ1n) is 6.19. The van der Waals surface area contributed by atoms with Crippen molar-refractivity contribution in [2.75, 3.05) is 5.32 Å². The van der Waals surface area contributed by atoms with E-state index in [0.29, 0.717) is 22.8 Å². The molecule has 7 heteroatoms. The first kappa shape index (κ1) is 14.5. The van der Waals surface area contributed by atoms with E-state index in [4.69, 9.17) is 17.3 Å². The number of nitrogens with two attached hydrogens (primary N) is 1. The van der Waals surface area contributed by atoms with Crippen LogP contribution in [0.1, 0.15) is 20.3 Å². The third kappa shape index (κ3) is 2.97. The van der Waals surface area contributed by atoms with E-state index in [1.165, 1.54) is 6.33 Å². The predicted molar refractivity (Wildman–Crippen MR) is 77.9 cm³/mol. The van der Waals surface area contributed by atoms with E-state index in [-0.39, 0.29) is 5.91 Å². The van der Waals surface area contributed by atoms with Gasteiger partial charge in [0.15, 0.2) is 0 Å². The second-order valence-electron chi connectivity index (χ2n) is 4.73. The predicted octanol–water partition coefficient (Wildman–Crippen LogP) is 1.99. The zero-order chi connectivity index (χ0) is 14.8. The first-order valence-corrected chi connectivity index (χ1v) is 6.56. The Morgan fingerprint density at radius 3 is 2.90 bits per heavy atom. The van der Waals surface area contributed by atoms with Crippen LogP contribution in [0.4, 0.5) is 5.69 Å². The fourth-order valence-corrected chi connectivity index (χ4v) is 1.74. The van der Waals surface area contributed by atoms with Gasteiger partial charge in [-0.05, 0) is 31.5 Å². The molecular weight excluding hydrogens is 278 g/mol. The molecule has 20 heavy (non-hydrogen) atoms. The summed E-state index contributed by atoms with van der Waals surface area (Å²) in [5.74, 6) is -0.274. The van der Waals surface area contributed by atoms with E-state index >= 15 is 0 Å². The van der Waals surface area contributed by atoms with Crippen molar-refractivity contribution in [2.45, 2.75) is 25.8 Å². The molecule has 0 fully saturated rings. The van der Waals surface area contributed by atoms with Crippen molar-refractivity contribution in [2.24, 2.45) is 5.73 Å². The molecule has 1 atom stereocenters. The van der Waals surface area contributed by atoms with Gasteiger partial charge in [-0.25, -0.2) is 9.67 Å². The van der Waals surface area contributed by atoms with Crippen LogP contribution in [-0.4, -0.2) is 26.2 Å². The third-order valence-electron chi connectivity index (χ3n) is 3.13. The lowest BCUT2D eigenvalue weighted by Gasteiger charge is -2.22. The fourth-order valence-electron chi connectivity index (χ4n) is 1.57. The Bertz CT molecular complexity index is 609. The van der Waals surface area contributed by atoms with E-state index in [1.807, 2.05) is 6.92 Å². The van der Waals surface area contributed by atoms with Gasteiger partial charge in [0.1, 0.15) is 12.7 Å². The van der Waals surface area contributed by atoms with Gasteiger partial charge in [0.2, 0.25) is 5.91 Å². The molecule has 1 unspecified atom stereocenters. The highest BCUT2D eigenvalue weighted by Crippen LogP contribution is 2.24. The molecule has 106 valence electrons. The average Bonchev–Trinajstić information content (AvgIpc) is 2.92. The summed E-state index contributed by atoms with van der Waals surface area (Å²) in [5.41, 5.74) is 6.21. The number of carbonyl (C=O) groups excluding carboxylic acids is 1. The molecule has 0 aliphatic carbocycles. The molecule has 3 N–H and O–H groups in total. The maximum Gasteiger partial charge on any atom is 0.244 e. The minimum absolute atomic E-state index is 0.274. The summed E-state index contributed by atoms with van der Waals surface area (Å²) in [7, 11) is 0. The number of carbonyl (C=O) groups is 1. The number of amides is 1. The highest BCUT2D eigenvalue weighted by atomic mass is 35.5. The van der Waals surface area contributed by atoms with Gasteiger partial charge in [-0.15, -0.1) is 0 Å². The van der Waals surface area contributed by atoms with Crippen molar-refractivity contribution < 1.29 is 4.79 Å². The van der Waals surface area contributed by atoms with Crippen LogP contribution >= 0.6 is 11.6 Å². The Morgan fingerprint density at radius 1 is 1.55 bits per heavy atom. The molecule has 2 aromatic rings. The summed E-state index contributed by atoms with van der Waals surface area (Å²) < 4.78 is 1.55. The monoisotopic (exact) mass is 293 g/mol. The molecule has 1 aromatic carbocycles. The smallest absolute Gasteiger partial charge is 0.244 e. The summed E-state index contributed by atoms with van der Waals surface area (Å²) in [5, 5.41) is 7.35. The molecule has 0 spiro atoms. The summed E-state index contributed by atoms with van der Waals surface area (Å²) in [6.07, 6.45) is 3.48. The molecule has 0 radical (unpaired) electrons. The van der Waals surface area contributed by atoms with Gasteiger partial charge in [-0.1, -0.05) is 18.5 Å². The van der Waals surface area contributed by atoms with Gasteiger partial charge in [0, 0.05) is 5.02 Å². The van der Waals surface area contributed by atoms with Gasteiger partial charge >= 0.3 is 0 Å². The molecular formula is C13H16ClN5O. The standard InChI is InChI=1S/C13H16ClN5O/c1-3-13(2,15)12(20)18-10-6-9(14)4-5-11(10)19-8-16-7-17-19/h4-8H,3,15H2,1-2H3,(H,18,20). The fraction of sp³-hybridized carbons (Fsp3) is 0.308. The zero-order valence-electron chi connectivity index (χ0n) is 11.3. The van der Waals surface area contributed by atoms with Crippen LogP contribution < -0.4 is 11.1 Å². The lowest BCUT2D eigenvalue weighted by Crippen LogP contribution is -2.47. The molecule has 0 aliphatic heterocycles. The molecule has 0 saturated carbocycles. The summed E-state index contributed by atoms with van der Waals surface area (Å²) >= 11 is 5.98. The van der Waals surface area contributed by atoms with E-state index < -0.39 is 5.54 Å². The number of hydrogen-bond donors (Lipinski definition) is 2. The molecule has 1 aromatic heterocycles. The number of nitrogens with zero attached hydrogens (tertiary/aromatic N) is 3. The van der Waals surface area contributed by atoms with Crippen LogP contribution in [0.2, 0.25) is 5.02 Å². The number of halogens is 1. The second kappa shape index (κ2) is 5.60. The summed E-state index contributed by atoms with van der Waals surface area (Å²) in [6, 6.07) is 5.13. The van der Waals surface area contributed by atoms with Gasteiger partial charge < -0.3 is 11.1 Å². The van der Waals surface area contributed by atoms with Crippen molar-refractivity contribution in [1.29, 1.82) is 0 Å². The number of rotatable bonds is 4. The van der Waals surface area contributed by atoms with E-state index in [9.17, 15) is 4.79 Å². The van der Waals surface area contributed by atoms with Gasteiger partial charge in [-0.3, -0.25) is 4.79 Å². The first-order chi connectivity index (χ1) is 9.44. The largest absolute Gasteiger partial charge is 0.323 e. The minimum Gasteiger partial charge on any atom is -0.323 e. The lowest BCUT2D eigenvalue weighted by molar-refractivity contribution is -0.120. The van der Waals surface area contributed by atoms with Crippen LogP contribution in [0.15, 0.2) is 30.9 Å². The quantitative estimate of drug-likeness (QED) is 0.902. The highest BCUT2D eigenvalue weighted by molar-refractivity contribution is 6.31. The molecule has 6 nitrogen and oxygen atoms in total. The Hall–Kier alpha value is -1.92. The van der Waals surface area contributed by atoms with Crippen LogP contribution in [0.25, 0.3) is 5.69 Å². The maximum atomic E-state index is 12.2. The van der Waals surface area contributed by atoms with Crippen molar-refractivity contribution in [3.05, 3.63) is 35.9 Å². The van der Waals surface area contributed by atoms with Gasteiger partial charge in [0.25, 0.3) is 0 Å². The lowest BCUT2D eigenvalue weighted by atomic mass is 9.99. The molecule has 0 saturated heterocycles. The maximum absolute atomic E-state index is 12.2. The van der Waals surface area contributed by atoms with E-state index in [0.717, 1.165) is 0 Å². The van der Waals surface area contributed by atoms with Crippen LogP contribution in [0.3, 0.4) is 0 Å². The SMILES string of the molecule is CCC(C)(N)C(=O)Nc1cc(Cl)ccc1-n1cncn1. The van der Waals surface area contributed by atoms with E-state index in [2.05, 4.69) is 15.4 Å². The normalized spacial score (nSPS) is 13.8. The Labute approximate surface area is 121 Å². The molecule has 1 heterocycles. The van der Waals surface area contributed by atoms with Crippen molar-refractivity contribution in [3.8, 4) is 5.69 Å². The Kier molecular flexibility index (Phi) is 4.06.